The lowest BCUT2D eigenvalue weighted by atomic mass is 10.1. The average Bonchev–Trinajstić information content (AvgIpc) is 2.66. The third-order valence-corrected chi connectivity index (χ3v) is 3.36. The normalized spacial score (nSPS) is 10.2. The first-order valence-electron chi connectivity index (χ1n) is 8.22. The lowest BCUT2D eigenvalue weighted by Gasteiger charge is -2.09. The molecule has 140 valence electrons. The number of anilines is 1. The molecule has 1 N–H and O–H groups in total. The molecule has 0 aromatic heterocycles. The molecule has 7 nitrogen and oxygen atoms in total. The van der Waals surface area contributed by atoms with Gasteiger partial charge in [0, 0.05) is 11.3 Å². The Bertz CT molecular complexity index is 825. The molecule has 0 aliphatic rings. The van der Waals surface area contributed by atoms with Crippen molar-refractivity contribution in [3.05, 3.63) is 65.2 Å². The van der Waals surface area contributed by atoms with E-state index in [9.17, 15) is 19.2 Å². The highest BCUT2D eigenvalue weighted by Gasteiger charge is 2.12. The number of ether oxygens (including phenoxy) is 2. The highest BCUT2D eigenvalue weighted by Crippen LogP contribution is 2.11. The number of hydrogen-bond acceptors (Lipinski definition) is 6. The van der Waals surface area contributed by atoms with E-state index in [1.165, 1.54) is 36.4 Å². The van der Waals surface area contributed by atoms with Crippen LogP contribution in [-0.2, 0) is 14.3 Å². The summed E-state index contributed by atoms with van der Waals surface area (Å²) in [5.41, 5.74) is 1.49. The van der Waals surface area contributed by atoms with Gasteiger partial charge in [0.1, 0.15) is 6.29 Å². The molecule has 0 aliphatic heterocycles. The number of esters is 2. The Morgan fingerprint density at radius 1 is 0.926 bits per heavy atom. The number of hydrogen-bond donors (Lipinski definition) is 1. The first-order valence-corrected chi connectivity index (χ1v) is 8.22. The fourth-order valence-corrected chi connectivity index (χ4v) is 2.08. The molecule has 2 aromatic carbocycles. The van der Waals surface area contributed by atoms with Crippen LogP contribution < -0.4 is 5.32 Å². The van der Waals surface area contributed by atoms with Crippen molar-refractivity contribution in [3.63, 3.8) is 0 Å². The summed E-state index contributed by atoms with van der Waals surface area (Å²) in [6.07, 6.45) is 0.442. The topological polar surface area (TPSA) is 98.8 Å². The molecule has 0 spiro atoms. The second-order valence-electron chi connectivity index (χ2n) is 5.90. The molecular weight excluding hydrogens is 350 g/mol. The Labute approximate surface area is 156 Å². The molecule has 0 fully saturated rings. The predicted molar refractivity (Wildman–Crippen MR) is 97.7 cm³/mol. The summed E-state index contributed by atoms with van der Waals surface area (Å²) in [7, 11) is 0. The lowest BCUT2D eigenvalue weighted by molar-refractivity contribution is -0.119. The van der Waals surface area contributed by atoms with Crippen LogP contribution in [-0.4, -0.2) is 36.8 Å². The van der Waals surface area contributed by atoms with Crippen LogP contribution in [0.25, 0.3) is 0 Å². The van der Waals surface area contributed by atoms with Gasteiger partial charge in [-0.25, -0.2) is 9.59 Å². The maximum absolute atomic E-state index is 11.9. The number of nitrogens with one attached hydrogen (secondary N) is 1. The summed E-state index contributed by atoms with van der Waals surface area (Å²) in [6, 6.07) is 12.0. The Hall–Kier alpha value is -3.48. The number of amides is 1. The minimum Gasteiger partial charge on any atom is -0.459 e. The van der Waals surface area contributed by atoms with Gasteiger partial charge < -0.3 is 14.8 Å². The summed E-state index contributed by atoms with van der Waals surface area (Å²) in [6.45, 7) is 3.04. The van der Waals surface area contributed by atoms with E-state index < -0.39 is 24.5 Å². The maximum Gasteiger partial charge on any atom is 0.338 e. The summed E-state index contributed by atoms with van der Waals surface area (Å²) in [4.78, 5) is 46.1. The highest BCUT2D eigenvalue weighted by molar-refractivity contribution is 5.96. The van der Waals surface area contributed by atoms with Crippen LogP contribution in [0.4, 0.5) is 5.69 Å². The van der Waals surface area contributed by atoms with E-state index in [2.05, 4.69) is 5.32 Å². The van der Waals surface area contributed by atoms with Crippen molar-refractivity contribution in [1.29, 1.82) is 0 Å². The number of rotatable bonds is 7. The zero-order valence-electron chi connectivity index (χ0n) is 14.9. The van der Waals surface area contributed by atoms with Crippen LogP contribution in [0.5, 0.6) is 0 Å². The van der Waals surface area contributed by atoms with Gasteiger partial charge in [0.15, 0.2) is 6.61 Å². The van der Waals surface area contributed by atoms with Crippen molar-refractivity contribution in [2.24, 2.45) is 0 Å². The van der Waals surface area contributed by atoms with Crippen molar-refractivity contribution >= 4 is 29.8 Å². The Balaban J connectivity index is 1.85. The van der Waals surface area contributed by atoms with Crippen molar-refractivity contribution in [1.82, 2.24) is 0 Å². The molecule has 0 unspecified atom stereocenters. The van der Waals surface area contributed by atoms with Gasteiger partial charge in [-0.1, -0.05) is 12.1 Å². The highest BCUT2D eigenvalue weighted by atomic mass is 16.5. The average molecular weight is 369 g/mol. The molecule has 0 aliphatic carbocycles. The quantitative estimate of drug-likeness (QED) is 0.595. The molecule has 7 heteroatoms. The second-order valence-corrected chi connectivity index (χ2v) is 5.90. The van der Waals surface area contributed by atoms with Crippen molar-refractivity contribution in [2.75, 3.05) is 11.9 Å². The third kappa shape index (κ3) is 6.07. The van der Waals surface area contributed by atoms with Gasteiger partial charge in [-0.05, 0) is 50.2 Å². The Kier molecular flexibility index (Phi) is 6.82. The van der Waals surface area contributed by atoms with Gasteiger partial charge in [0.05, 0.1) is 17.2 Å². The van der Waals surface area contributed by atoms with E-state index in [1.54, 1.807) is 26.0 Å². The SMILES string of the molecule is CC(C)OC(=O)c1ccc(NC(=O)COC(=O)c2ccc(C=O)cc2)cc1. The summed E-state index contributed by atoms with van der Waals surface area (Å²) in [5.74, 6) is -1.64. The number of aldehydes is 1. The number of carbonyl (C=O) groups is 4. The predicted octanol–water partition coefficient (Wildman–Crippen LogP) is 2.86. The zero-order valence-corrected chi connectivity index (χ0v) is 14.9. The Morgan fingerprint density at radius 2 is 1.48 bits per heavy atom. The summed E-state index contributed by atoms with van der Waals surface area (Å²) < 4.78 is 10.0. The van der Waals surface area contributed by atoms with Gasteiger partial charge >= 0.3 is 11.9 Å². The minimum atomic E-state index is -0.672. The molecule has 0 saturated heterocycles. The van der Waals surface area contributed by atoms with E-state index >= 15 is 0 Å². The van der Waals surface area contributed by atoms with E-state index in [-0.39, 0.29) is 11.7 Å². The molecular formula is C20H19NO6. The van der Waals surface area contributed by atoms with Crippen LogP contribution >= 0.6 is 0 Å². The maximum atomic E-state index is 11.9. The largest absolute Gasteiger partial charge is 0.459 e. The molecule has 0 bridgehead atoms. The third-order valence-electron chi connectivity index (χ3n) is 3.36. The smallest absolute Gasteiger partial charge is 0.338 e. The summed E-state index contributed by atoms with van der Waals surface area (Å²) in [5, 5.41) is 2.56. The van der Waals surface area contributed by atoms with Gasteiger partial charge in [0.2, 0.25) is 0 Å². The van der Waals surface area contributed by atoms with Crippen LogP contribution in [0.3, 0.4) is 0 Å². The van der Waals surface area contributed by atoms with Gasteiger partial charge in [-0.2, -0.15) is 0 Å². The fraction of sp³-hybridized carbons (Fsp3) is 0.200. The Morgan fingerprint density at radius 3 is 2.04 bits per heavy atom. The molecule has 0 saturated carbocycles. The van der Waals surface area contributed by atoms with Gasteiger partial charge in [-0.15, -0.1) is 0 Å². The van der Waals surface area contributed by atoms with Crippen molar-refractivity contribution < 1.29 is 28.7 Å². The van der Waals surface area contributed by atoms with Crippen LogP contribution in [0, 0.1) is 0 Å². The fourth-order valence-electron chi connectivity index (χ4n) is 2.08. The zero-order chi connectivity index (χ0) is 19.8. The van der Waals surface area contributed by atoms with Crippen LogP contribution in [0.2, 0.25) is 0 Å². The molecule has 2 aromatic rings. The first kappa shape index (κ1) is 19.8. The second kappa shape index (κ2) is 9.28. The molecule has 0 atom stereocenters. The number of carbonyl (C=O) groups excluding carboxylic acids is 4. The first-order chi connectivity index (χ1) is 12.9. The van der Waals surface area contributed by atoms with Gasteiger partial charge in [0.25, 0.3) is 5.91 Å². The van der Waals surface area contributed by atoms with Crippen LogP contribution in [0.1, 0.15) is 44.9 Å². The molecule has 2 rings (SSSR count). The van der Waals surface area contributed by atoms with Gasteiger partial charge in [-0.3, -0.25) is 9.59 Å². The lowest BCUT2D eigenvalue weighted by Crippen LogP contribution is -2.21. The van der Waals surface area contributed by atoms with Crippen molar-refractivity contribution in [2.45, 2.75) is 20.0 Å². The van der Waals surface area contributed by atoms with Crippen LogP contribution in [0.15, 0.2) is 48.5 Å². The van der Waals surface area contributed by atoms with E-state index in [0.29, 0.717) is 23.1 Å². The van der Waals surface area contributed by atoms with E-state index in [0.717, 1.165) is 0 Å². The number of benzene rings is 2. The molecule has 27 heavy (non-hydrogen) atoms. The molecule has 0 heterocycles. The minimum absolute atomic E-state index is 0.221. The van der Waals surface area contributed by atoms with E-state index in [4.69, 9.17) is 9.47 Å². The monoisotopic (exact) mass is 369 g/mol. The van der Waals surface area contributed by atoms with E-state index in [1.807, 2.05) is 0 Å². The van der Waals surface area contributed by atoms with Crippen molar-refractivity contribution in [3.8, 4) is 0 Å². The summed E-state index contributed by atoms with van der Waals surface area (Å²) >= 11 is 0. The molecule has 0 radical (unpaired) electrons. The standard InChI is InChI=1S/C20H19NO6/c1-13(2)27-20(25)16-7-9-17(10-8-16)21-18(23)12-26-19(24)15-5-3-14(11-22)4-6-15/h3-11,13H,12H2,1-2H3,(H,21,23). The molecule has 1 amide bonds.